The molecule has 3 N–H and O–H groups in total. The van der Waals surface area contributed by atoms with Gasteiger partial charge in [0.2, 0.25) is 5.13 Å². The van der Waals surface area contributed by atoms with E-state index < -0.39 is 23.5 Å². The molecule has 3 rings (SSSR count). The standard InChI is InChI=1S/C18H17F6N5OS2/c1-2-3-13-10-28(32-15-27-26-14(25)31-15)8-9-29(13)12-6-4-11(5-7-12)16(30,17(19,20)21)18(22,23)24/h4-7,13,30H,8-10H2,1H3,(H2,25,26)/t13-/m1/s1. The van der Waals surface area contributed by atoms with Gasteiger partial charge in [-0.15, -0.1) is 16.1 Å². The number of benzene rings is 1. The molecule has 2 heterocycles. The molecular weight excluding hydrogens is 480 g/mol. The monoisotopic (exact) mass is 497 g/mol. The van der Waals surface area contributed by atoms with E-state index in [1.165, 1.54) is 23.3 Å². The van der Waals surface area contributed by atoms with Gasteiger partial charge in [0.15, 0.2) is 4.34 Å². The highest BCUT2D eigenvalue weighted by Gasteiger charge is 2.71. The van der Waals surface area contributed by atoms with Gasteiger partial charge in [0.05, 0.1) is 0 Å². The lowest BCUT2D eigenvalue weighted by Gasteiger charge is -2.40. The van der Waals surface area contributed by atoms with Gasteiger partial charge in [-0.2, -0.15) is 26.3 Å². The molecule has 0 bridgehead atoms. The average Bonchev–Trinajstić information content (AvgIpc) is 3.11. The molecule has 0 aliphatic carbocycles. The van der Waals surface area contributed by atoms with Gasteiger partial charge >= 0.3 is 12.4 Å². The number of alkyl halides is 6. The smallest absolute Gasteiger partial charge is 0.374 e. The number of piperazine rings is 1. The average molecular weight is 497 g/mol. The molecule has 0 amide bonds. The Morgan fingerprint density at radius 1 is 1.09 bits per heavy atom. The second-order valence-electron chi connectivity index (χ2n) is 6.74. The zero-order valence-corrected chi connectivity index (χ0v) is 18.0. The lowest BCUT2D eigenvalue weighted by Crippen LogP contribution is -2.54. The van der Waals surface area contributed by atoms with Crippen LogP contribution >= 0.6 is 23.3 Å². The van der Waals surface area contributed by atoms with Gasteiger partial charge in [0.1, 0.15) is 6.04 Å². The Morgan fingerprint density at radius 3 is 2.22 bits per heavy atom. The summed E-state index contributed by atoms with van der Waals surface area (Å²) < 4.78 is 81.2. The summed E-state index contributed by atoms with van der Waals surface area (Å²) >= 11 is 2.56. The lowest BCUT2D eigenvalue weighted by molar-refractivity contribution is -0.376. The summed E-state index contributed by atoms with van der Waals surface area (Å²) in [5.41, 5.74) is -0.297. The summed E-state index contributed by atoms with van der Waals surface area (Å²) in [6.07, 6.45) is -11.9. The molecule has 1 atom stereocenters. The van der Waals surface area contributed by atoms with E-state index in [1.807, 2.05) is 4.31 Å². The van der Waals surface area contributed by atoms with Crippen LogP contribution in [0.4, 0.5) is 37.2 Å². The number of aliphatic hydroxyl groups is 1. The largest absolute Gasteiger partial charge is 0.430 e. The lowest BCUT2D eigenvalue weighted by atomic mass is 9.92. The predicted octanol–water partition coefficient (Wildman–Crippen LogP) is 3.65. The molecule has 1 aliphatic heterocycles. The van der Waals surface area contributed by atoms with E-state index in [1.54, 1.807) is 11.8 Å². The van der Waals surface area contributed by atoms with Gasteiger partial charge in [-0.05, 0) is 31.0 Å². The number of anilines is 2. The van der Waals surface area contributed by atoms with Crippen LogP contribution in [-0.4, -0.2) is 57.6 Å². The number of nitrogens with zero attached hydrogens (tertiary/aromatic N) is 4. The maximum absolute atomic E-state index is 13.1. The molecule has 0 saturated carbocycles. The zero-order chi connectivity index (χ0) is 23.7. The Balaban J connectivity index is 1.82. The van der Waals surface area contributed by atoms with Crippen LogP contribution in [0.1, 0.15) is 12.5 Å². The van der Waals surface area contributed by atoms with Crippen molar-refractivity contribution in [3.63, 3.8) is 0 Å². The van der Waals surface area contributed by atoms with Crippen LogP contribution < -0.4 is 10.6 Å². The molecule has 1 aliphatic rings. The van der Waals surface area contributed by atoms with Crippen molar-refractivity contribution in [2.75, 3.05) is 30.3 Å². The minimum absolute atomic E-state index is 0.328. The number of aromatic nitrogens is 2. The van der Waals surface area contributed by atoms with Crippen molar-refractivity contribution in [2.24, 2.45) is 0 Å². The minimum Gasteiger partial charge on any atom is -0.374 e. The van der Waals surface area contributed by atoms with Crippen LogP contribution in [0.2, 0.25) is 0 Å². The molecule has 0 radical (unpaired) electrons. The fraction of sp³-hybridized carbons (Fsp3) is 0.444. The summed E-state index contributed by atoms with van der Waals surface area (Å²) in [6, 6.07) is 3.14. The number of hydrogen-bond donors (Lipinski definition) is 2. The van der Waals surface area contributed by atoms with Crippen molar-refractivity contribution in [3.05, 3.63) is 29.8 Å². The van der Waals surface area contributed by atoms with Gasteiger partial charge in [0.25, 0.3) is 5.60 Å². The Hall–Kier alpha value is -2.21. The fourth-order valence-electron chi connectivity index (χ4n) is 3.19. The topological polar surface area (TPSA) is 78.5 Å². The summed E-state index contributed by atoms with van der Waals surface area (Å²) in [5.74, 6) is 5.79. The molecule has 14 heteroatoms. The van der Waals surface area contributed by atoms with Crippen LogP contribution in [0.15, 0.2) is 28.6 Å². The van der Waals surface area contributed by atoms with Crippen LogP contribution in [0.5, 0.6) is 0 Å². The highest BCUT2D eigenvalue weighted by atomic mass is 32.2. The van der Waals surface area contributed by atoms with Gasteiger partial charge in [0, 0.05) is 30.9 Å². The highest BCUT2D eigenvalue weighted by Crippen LogP contribution is 2.50. The number of hydrogen-bond acceptors (Lipinski definition) is 8. The van der Waals surface area contributed by atoms with Crippen molar-refractivity contribution in [1.29, 1.82) is 0 Å². The van der Waals surface area contributed by atoms with Crippen molar-refractivity contribution in [1.82, 2.24) is 14.5 Å². The summed E-state index contributed by atoms with van der Waals surface area (Å²) in [6.45, 7) is 2.99. The maximum atomic E-state index is 13.1. The molecule has 1 aromatic heterocycles. The predicted molar refractivity (Wildman–Crippen MR) is 109 cm³/mol. The molecular formula is C18H17F6N5OS2. The van der Waals surface area contributed by atoms with Crippen LogP contribution in [0, 0.1) is 11.8 Å². The van der Waals surface area contributed by atoms with Crippen LogP contribution in [0.3, 0.4) is 0 Å². The first-order chi connectivity index (χ1) is 14.9. The molecule has 0 unspecified atom stereocenters. The molecule has 6 nitrogen and oxygen atoms in total. The van der Waals surface area contributed by atoms with Gasteiger partial charge in [-0.25, -0.2) is 4.31 Å². The van der Waals surface area contributed by atoms with Crippen molar-refractivity contribution in [2.45, 2.75) is 35.3 Å². The Kier molecular flexibility index (Phi) is 6.85. The van der Waals surface area contributed by atoms with E-state index >= 15 is 0 Å². The number of halogens is 6. The second kappa shape index (κ2) is 8.97. The van der Waals surface area contributed by atoms with E-state index in [9.17, 15) is 31.4 Å². The Bertz CT molecular complexity index is 984. The maximum Gasteiger partial charge on any atom is 0.430 e. The van der Waals surface area contributed by atoms with Crippen molar-refractivity contribution < 1.29 is 31.4 Å². The van der Waals surface area contributed by atoms with E-state index in [-0.39, 0.29) is 6.04 Å². The quantitative estimate of drug-likeness (QED) is 0.379. The number of nitrogen functional groups attached to an aromatic ring is 1. The molecule has 1 aromatic carbocycles. The third-order valence-electron chi connectivity index (χ3n) is 4.72. The third-order valence-corrected chi connectivity index (χ3v) is 6.57. The van der Waals surface area contributed by atoms with Crippen molar-refractivity contribution >= 4 is 34.1 Å². The van der Waals surface area contributed by atoms with Crippen molar-refractivity contribution in [3.8, 4) is 11.8 Å². The molecule has 1 fully saturated rings. The van der Waals surface area contributed by atoms with Gasteiger partial charge in [-0.3, -0.25) is 0 Å². The van der Waals surface area contributed by atoms with Crippen LogP contribution in [-0.2, 0) is 5.60 Å². The van der Waals surface area contributed by atoms with E-state index in [0.29, 0.717) is 46.9 Å². The van der Waals surface area contributed by atoms with E-state index in [0.717, 1.165) is 12.1 Å². The van der Waals surface area contributed by atoms with Gasteiger partial charge in [-0.1, -0.05) is 29.4 Å². The van der Waals surface area contributed by atoms with Gasteiger partial charge < -0.3 is 15.7 Å². The Labute approximate surface area is 187 Å². The van der Waals surface area contributed by atoms with Crippen LogP contribution in [0.25, 0.3) is 0 Å². The first-order valence-corrected chi connectivity index (χ1v) is 10.6. The highest BCUT2D eigenvalue weighted by molar-refractivity contribution is 7.98. The summed E-state index contributed by atoms with van der Waals surface area (Å²) in [5, 5.41) is 17.6. The first kappa shape index (κ1) is 24.4. The number of nitrogens with two attached hydrogens (primary N) is 1. The summed E-state index contributed by atoms with van der Waals surface area (Å²) in [4.78, 5) is 1.78. The van der Waals surface area contributed by atoms with E-state index in [4.69, 9.17) is 5.73 Å². The zero-order valence-electron chi connectivity index (χ0n) is 16.4. The molecule has 174 valence electrons. The molecule has 32 heavy (non-hydrogen) atoms. The Morgan fingerprint density at radius 2 is 1.72 bits per heavy atom. The molecule has 0 spiro atoms. The second-order valence-corrected chi connectivity index (χ2v) is 9.10. The van der Waals surface area contributed by atoms with E-state index in [2.05, 4.69) is 22.0 Å². The molecule has 2 aromatic rings. The minimum atomic E-state index is -5.93. The molecule has 1 saturated heterocycles. The first-order valence-electron chi connectivity index (χ1n) is 9.04. The summed E-state index contributed by atoms with van der Waals surface area (Å²) in [7, 11) is 0. The normalized spacial score (nSPS) is 18.4. The number of rotatable bonds is 4. The third kappa shape index (κ3) is 4.75. The SMILES string of the molecule is CC#C[C@@H]1CN(Sc2nnc(N)s2)CCN1c1ccc(C(O)(C(F)(F)F)C(F)(F)F)cc1. The fourth-order valence-corrected chi connectivity index (χ4v) is 4.94.